The van der Waals surface area contributed by atoms with Gasteiger partial charge in [0.05, 0.1) is 6.54 Å². The SMILES string of the molecule is CCNC(=NCCN(C)C(=O)OC(C)(C)C)NC1CCC(SC)C1. The van der Waals surface area contributed by atoms with Crippen LogP contribution in [0.1, 0.15) is 47.0 Å². The Morgan fingerprint density at radius 3 is 2.62 bits per heavy atom. The number of amides is 1. The van der Waals surface area contributed by atoms with Crippen LogP contribution in [0.15, 0.2) is 4.99 Å². The number of guanidine groups is 1. The van der Waals surface area contributed by atoms with Gasteiger partial charge in [-0.1, -0.05) is 0 Å². The van der Waals surface area contributed by atoms with E-state index in [4.69, 9.17) is 4.74 Å². The average molecular weight is 359 g/mol. The molecule has 2 atom stereocenters. The van der Waals surface area contributed by atoms with Crippen molar-refractivity contribution >= 4 is 23.8 Å². The fourth-order valence-electron chi connectivity index (χ4n) is 2.54. The minimum Gasteiger partial charge on any atom is -0.444 e. The molecule has 1 aliphatic rings. The molecule has 0 aromatic heterocycles. The number of carbonyl (C=O) groups is 1. The fourth-order valence-corrected chi connectivity index (χ4v) is 3.34. The lowest BCUT2D eigenvalue weighted by atomic mass is 10.2. The molecule has 140 valence electrons. The summed E-state index contributed by atoms with van der Waals surface area (Å²) in [5.74, 6) is 0.835. The van der Waals surface area contributed by atoms with Gasteiger partial charge in [0.1, 0.15) is 5.60 Å². The Labute approximate surface area is 151 Å². The van der Waals surface area contributed by atoms with Crippen LogP contribution in [-0.2, 0) is 4.74 Å². The van der Waals surface area contributed by atoms with Crippen molar-refractivity contribution in [2.24, 2.45) is 4.99 Å². The first kappa shape index (κ1) is 20.9. The van der Waals surface area contributed by atoms with E-state index >= 15 is 0 Å². The summed E-state index contributed by atoms with van der Waals surface area (Å²) < 4.78 is 5.34. The number of nitrogens with one attached hydrogen (secondary N) is 2. The maximum Gasteiger partial charge on any atom is 0.410 e. The van der Waals surface area contributed by atoms with Crippen molar-refractivity contribution in [2.45, 2.75) is 63.9 Å². The van der Waals surface area contributed by atoms with Gasteiger partial charge in [0.2, 0.25) is 0 Å². The predicted molar refractivity (Wildman–Crippen MR) is 103 cm³/mol. The Balaban J connectivity index is 2.44. The van der Waals surface area contributed by atoms with E-state index in [1.54, 1.807) is 11.9 Å². The molecule has 1 saturated carbocycles. The first-order valence-electron chi connectivity index (χ1n) is 8.77. The maximum atomic E-state index is 11.9. The summed E-state index contributed by atoms with van der Waals surface area (Å²) in [7, 11) is 1.74. The van der Waals surface area contributed by atoms with Crippen molar-refractivity contribution in [2.75, 3.05) is 32.9 Å². The second kappa shape index (κ2) is 10.0. The molecule has 24 heavy (non-hydrogen) atoms. The third-order valence-electron chi connectivity index (χ3n) is 3.81. The highest BCUT2D eigenvalue weighted by Crippen LogP contribution is 2.27. The van der Waals surface area contributed by atoms with E-state index in [1.165, 1.54) is 19.3 Å². The quantitative estimate of drug-likeness (QED) is 0.564. The van der Waals surface area contributed by atoms with Gasteiger partial charge in [0, 0.05) is 31.4 Å². The summed E-state index contributed by atoms with van der Waals surface area (Å²) >= 11 is 1.95. The van der Waals surface area contributed by atoms with Crippen LogP contribution in [0.2, 0.25) is 0 Å². The molecule has 0 saturated heterocycles. The smallest absolute Gasteiger partial charge is 0.410 e. The normalized spacial score (nSPS) is 21.5. The molecule has 0 spiro atoms. The van der Waals surface area contributed by atoms with E-state index in [2.05, 4.69) is 28.8 Å². The second-order valence-electron chi connectivity index (χ2n) is 7.17. The van der Waals surface area contributed by atoms with Crippen LogP contribution in [-0.4, -0.2) is 66.8 Å². The summed E-state index contributed by atoms with van der Waals surface area (Å²) in [4.78, 5) is 18.1. The Morgan fingerprint density at radius 1 is 1.38 bits per heavy atom. The number of ether oxygens (including phenoxy) is 1. The summed E-state index contributed by atoms with van der Waals surface area (Å²) in [5.41, 5.74) is -0.471. The van der Waals surface area contributed by atoms with Crippen LogP contribution >= 0.6 is 11.8 Å². The molecule has 1 fully saturated rings. The highest BCUT2D eigenvalue weighted by Gasteiger charge is 2.24. The van der Waals surface area contributed by atoms with Crippen LogP contribution in [0, 0.1) is 0 Å². The second-order valence-corrected chi connectivity index (χ2v) is 8.31. The fraction of sp³-hybridized carbons (Fsp3) is 0.882. The van der Waals surface area contributed by atoms with Crippen LogP contribution in [0.5, 0.6) is 0 Å². The molecule has 2 unspecified atom stereocenters. The molecule has 1 amide bonds. The predicted octanol–water partition coefficient (Wildman–Crippen LogP) is 2.69. The zero-order chi connectivity index (χ0) is 18.2. The number of carbonyl (C=O) groups excluding carboxylic acids is 1. The van der Waals surface area contributed by atoms with Gasteiger partial charge in [0.15, 0.2) is 5.96 Å². The molecule has 0 aromatic carbocycles. The summed E-state index contributed by atoms with van der Waals surface area (Å²) in [5, 5.41) is 7.55. The molecule has 6 nitrogen and oxygen atoms in total. The van der Waals surface area contributed by atoms with E-state index < -0.39 is 5.60 Å². The highest BCUT2D eigenvalue weighted by atomic mass is 32.2. The van der Waals surface area contributed by atoms with E-state index in [1.807, 2.05) is 32.5 Å². The molecule has 1 rings (SSSR count). The zero-order valence-corrected chi connectivity index (χ0v) is 16.8. The van der Waals surface area contributed by atoms with Crippen molar-refractivity contribution in [1.82, 2.24) is 15.5 Å². The number of nitrogens with zero attached hydrogens (tertiary/aromatic N) is 2. The largest absolute Gasteiger partial charge is 0.444 e. The van der Waals surface area contributed by atoms with Gasteiger partial charge in [0.25, 0.3) is 0 Å². The van der Waals surface area contributed by atoms with Gasteiger partial charge in [-0.3, -0.25) is 4.99 Å². The number of likely N-dealkylation sites (N-methyl/N-ethyl adjacent to an activating group) is 1. The van der Waals surface area contributed by atoms with Gasteiger partial charge in [-0.25, -0.2) is 4.79 Å². The Morgan fingerprint density at radius 2 is 2.08 bits per heavy atom. The average Bonchev–Trinajstić information content (AvgIpc) is 2.93. The summed E-state index contributed by atoms with van der Waals surface area (Å²) in [6, 6.07) is 0.490. The lowest BCUT2D eigenvalue weighted by molar-refractivity contribution is 0.0304. The van der Waals surface area contributed by atoms with Gasteiger partial charge in [-0.15, -0.1) is 0 Å². The number of thioether (sulfide) groups is 1. The topological polar surface area (TPSA) is 66.0 Å². The van der Waals surface area contributed by atoms with Crippen molar-refractivity contribution in [1.29, 1.82) is 0 Å². The number of hydrogen-bond acceptors (Lipinski definition) is 4. The first-order chi connectivity index (χ1) is 11.2. The van der Waals surface area contributed by atoms with Crippen molar-refractivity contribution in [3.63, 3.8) is 0 Å². The molecule has 2 N–H and O–H groups in total. The zero-order valence-electron chi connectivity index (χ0n) is 16.0. The summed E-state index contributed by atoms with van der Waals surface area (Å²) in [6.07, 6.45) is 5.50. The number of rotatable bonds is 6. The van der Waals surface area contributed by atoms with Gasteiger partial charge in [-0.2, -0.15) is 11.8 Å². The highest BCUT2D eigenvalue weighted by molar-refractivity contribution is 7.99. The van der Waals surface area contributed by atoms with Crippen LogP contribution in [0.25, 0.3) is 0 Å². The maximum absolute atomic E-state index is 11.9. The molecule has 7 heteroatoms. The van der Waals surface area contributed by atoms with E-state index in [-0.39, 0.29) is 6.09 Å². The Kier molecular flexibility index (Phi) is 8.73. The van der Waals surface area contributed by atoms with E-state index in [9.17, 15) is 4.79 Å². The number of aliphatic imine (C=N–C) groups is 1. The van der Waals surface area contributed by atoms with Gasteiger partial charge in [-0.05, 0) is 53.2 Å². The van der Waals surface area contributed by atoms with Gasteiger partial charge < -0.3 is 20.3 Å². The molecule has 0 heterocycles. The molecular formula is C17H34N4O2S. The third-order valence-corrected chi connectivity index (χ3v) is 4.91. The molecule has 0 radical (unpaired) electrons. The van der Waals surface area contributed by atoms with E-state index in [0.717, 1.165) is 17.8 Å². The van der Waals surface area contributed by atoms with Crippen molar-refractivity contribution in [3.05, 3.63) is 0 Å². The Hall–Kier alpha value is -1.11. The monoisotopic (exact) mass is 358 g/mol. The third kappa shape index (κ3) is 8.13. The minimum absolute atomic E-state index is 0.311. The lowest BCUT2D eigenvalue weighted by Gasteiger charge is -2.24. The lowest BCUT2D eigenvalue weighted by Crippen LogP contribution is -2.43. The first-order valence-corrected chi connectivity index (χ1v) is 10.1. The van der Waals surface area contributed by atoms with Crippen LogP contribution < -0.4 is 10.6 Å². The molecule has 0 bridgehead atoms. The van der Waals surface area contributed by atoms with Crippen LogP contribution in [0.3, 0.4) is 0 Å². The van der Waals surface area contributed by atoms with Crippen LogP contribution in [0.4, 0.5) is 4.79 Å². The number of hydrogen-bond donors (Lipinski definition) is 2. The van der Waals surface area contributed by atoms with Gasteiger partial charge >= 0.3 is 6.09 Å². The van der Waals surface area contributed by atoms with E-state index in [0.29, 0.717) is 19.1 Å². The van der Waals surface area contributed by atoms with Crippen molar-refractivity contribution < 1.29 is 9.53 Å². The molecule has 0 aliphatic heterocycles. The minimum atomic E-state index is -0.471. The Bertz CT molecular complexity index is 423. The molecular weight excluding hydrogens is 324 g/mol. The van der Waals surface area contributed by atoms with Crippen molar-refractivity contribution in [3.8, 4) is 0 Å². The standard InChI is InChI=1S/C17H34N4O2S/c1-7-18-15(20-13-8-9-14(12-13)24-6)19-10-11-21(5)16(22)23-17(2,3)4/h13-14H,7-12H2,1-6H3,(H2,18,19,20). The molecule has 1 aliphatic carbocycles. The summed E-state index contributed by atoms with van der Waals surface area (Å²) in [6.45, 7) is 9.57. The molecule has 0 aromatic rings.